The standard InChI is InChI=1S/C24H27NO4S/c1-15(26)21-14-20(9-12-24(21)27)30(28,29)25-22(17-5-6-17)11-8-19-13-18(7-10-23(19)25)16-3-2-4-16/h7,9-10,12-14,16-17,22,27H,2-6,8,11H2,1H3/t22-/m0/s1. The molecule has 0 spiro atoms. The van der Waals surface area contributed by atoms with Gasteiger partial charge in [-0.3, -0.25) is 9.10 Å². The van der Waals surface area contributed by atoms with Crippen LogP contribution < -0.4 is 4.31 Å². The number of carbonyl (C=O) groups is 1. The van der Waals surface area contributed by atoms with Crippen molar-refractivity contribution in [2.75, 3.05) is 4.31 Å². The van der Waals surface area contributed by atoms with Crippen LogP contribution in [-0.2, 0) is 16.4 Å². The van der Waals surface area contributed by atoms with Gasteiger partial charge in [-0.2, -0.15) is 0 Å². The lowest BCUT2D eigenvalue weighted by atomic mass is 9.79. The van der Waals surface area contributed by atoms with Crippen LogP contribution >= 0.6 is 0 Å². The van der Waals surface area contributed by atoms with Gasteiger partial charge >= 0.3 is 0 Å². The van der Waals surface area contributed by atoms with Gasteiger partial charge in [-0.15, -0.1) is 0 Å². The second-order valence-corrected chi connectivity index (χ2v) is 10.8. The van der Waals surface area contributed by atoms with E-state index < -0.39 is 10.0 Å². The number of hydrogen-bond acceptors (Lipinski definition) is 4. The lowest BCUT2D eigenvalue weighted by Crippen LogP contribution is -2.45. The summed E-state index contributed by atoms with van der Waals surface area (Å²) in [6.45, 7) is 1.33. The molecule has 2 aliphatic carbocycles. The normalized spacial score (nSPS) is 21.8. The molecule has 30 heavy (non-hydrogen) atoms. The first kappa shape index (κ1) is 19.6. The summed E-state index contributed by atoms with van der Waals surface area (Å²) >= 11 is 0. The van der Waals surface area contributed by atoms with Gasteiger partial charge in [0.2, 0.25) is 0 Å². The molecule has 2 aromatic rings. The first-order valence-electron chi connectivity index (χ1n) is 10.9. The fourth-order valence-corrected chi connectivity index (χ4v) is 6.71. The van der Waals surface area contributed by atoms with Crippen molar-refractivity contribution in [1.29, 1.82) is 0 Å². The number of carbonyl (C=O) groups excluding carboxylic acids is 1. The Bertz CT molecular complexity index is 1120. The predicted molar refractivity (Wildman–Crippen MR) is 116 cm³/mol. The van der Waals surface area contributed by atoms with Crippen LogP contribution in [-0.4, -0.2) is 25.3 Å². The minimum absolute atomic E-state index is 0.0385. The van der Waals surface area contributed by atoms with Gasteiger partial charge < -0.3 is 5.11 Å². The average Bonchev–Trinajstić information content (AvgIpc) is 3.50. The number of ketones is 1. The molecule has 1 atom stereocenters. The minimum atomic E-state index is -3.86. The van der Waals surface area contributed by atoms with E-state index in [1.807, 2.05) is 6.07 Å². The van der Waals surface area contributed by atoms with Crippen molar-refractivity contribution in [3.05, 3.63) is 53.1 Å². The van der Waals surface area contributed by atoms with Crippen molar-refractivity contribution in [3.8, 4) is 5.75 Å². The fourth-order valence-electron chi connectivity index (χ4n) is 4.90. The van der Waals surface area contributed by atoms with E-state index in [-0.39, 0.29) is 28.0 Å². The zero-order chi connectivity index (χ0) is 21.0. The predicted octanol–water partition coefficient (Wildman–Crippen LogP) is 4.78. The molecule has 0 aromatic heterocycles. The third kappa shape index (κ3) is 3.22. The van der Waals surface area contributed by atoms with E-state index in [9.17, 15) is 18.3 Å². The summed E-state index contributed by atoms with van der Waals surface area (Å²) < 4.78 is 29.2. The van der Waals surface area contributed by atoms with Crippen LogP contribution in [0.5, 0.6) is 5.75 Å². The van der Waals surface area contributed by atoms with Crippen LogP contribution in [0, 0.1) is 5.92 Å². The van der Waals surface area contributed by atoms with Gasteiger partial charge in [-0.05, 0) is 92.7 Å². The summed E-state index contributed by atoms with van der Waals surface area (Å²) in [4.78, 5) is 11.9. The molecule has 2 fully saturated rings. The van der Waals surface area contributed by atoms with Gasteiger partial charge in [0.25, 0.3) is 10.0 Å². The van der Waals surface area contributed by atoms with Crippen LogP contribution in [0.1, 0.15) is 72.9 Å². The first-order chi connectivity index (χ1) is 14.4. The van der Waals surface area contributed by atoms with Gasteiger partial charge in [-0.25, -0.2) is 8.42 Å². The molecule has 0 radical (unpaired) electrons. The Morgan fingerprint density at radius 1 is 1.03 bits per heavy atom. The Morgan fingerprint density at radius 3 is 2.43 bits per heavy atom. The van der Waals surface area contributed by atoms with Gasteiger partial charge in [0.05, 0.1) is 16.1 Å². The number of Topliss-reactive ketones (excluding diaryl/α,β-unsaturated/α-hetero) is 1. The Morgan fingerprint density at radius 2 is 1.80 bits per heavy atom. The highest BCUT2D eigenvalue weighted by atomic mass is 32.2. The molecule has 5 rings (SSSR count). The van der Waals surface area contributed by atoms with Gasteiger partial charge in [0.1, 0.15) is 5.75 Å². The second kappa shape index (κ2) is 7.12. The van der Waals surface area contributed by atoms with Crippen molar-refractivity contribution in [3.63, 3.8) is 0 Å². The maximum absolute atomic E-state index is 13.8. The maximum atomic E-state index is 13.8. The number of nitrogens with zero attached hydrogens (tertiary/aromatic N) is 1. The number of aromatic hydroxyl groups is 1. The van der Waals surface area contributed by atoms with Crippen LogP contribution in [0.25, 0.3) is 0 Å². The Labute approximate surface area is 177 Å². The third-order valence-corrected chi connectivity index (χ3v) is 8.83. The van der Waals surface area contributed by atoms with Crippen LogP contribution in [0.2, 0.25) is 0 Å². The summed E-state index contributed by atoms with van der Waals surface area (Å²) in [6, 6.07) is 10.3. The monoisotopic (exact) mass is 425 g/mol. The number of anilines is 1. The van der Waals surface area contributed by atoms with Crippen molar-refractivity contribution in [2.24, 2.45) is 5.92 Å². The van der Waals surface area contributed by atoms with E-state index in [1.54, 1.807) is 4.31 Å². The van der Waals surface area contributed by atoms with Crippen molar-refractivity contribution in [1.82, 2.24) is 0 Å². The number of sulfonamides is 1. The summed E-state index contributed by atoms with van der Waals surface area (Å²) in [5.74, 6) is 0.456. The van der Waals surface area contributed by atoms with Crippen LogP contribution in [0.15, 0.2) is 41.3 Å². The molecule has 2 saturated carbocycles. The van der Waals surface area contributed by atoms with Crippen LogP contribution in [0.4, 0.5) is 5.69 Å². The molecule has 0 unspecified atom stereocenters. The highest BCUT2D eigenvalue weighted by Crippen LogP contribution is 2.47. The largest absolute Gasteiger partial charge is 0.507 e. The zero-order valence-corrected chi connectivity index (χ0v) is 18.0. The molecule has 0 bridgehead atoms. The topological polar surface area (TPSA) is 74.7 Å². The molecule has 2 aromatic carbocycles. The molecule has 0 amide bonds. The van der Waals surface area contributed by atoms with Crippen LogP contribution in [0.3, 0.4) is 0 Å². The smallest absolute Gasteiger partial charge is 0.264 e. The molecule has 0 saturated heterocycles. The van der Waals surface area contributed by atoms with Gasteiger partial charge in [-0.1, -0.05) is 18.6 Å². The van der Waals surface area contributed by atoms with E-state index in [4.69, 9.17) is 0 Å². The summed E-state index contributed by atoms with van der Waals surface area (Å²) in [6.07, 6.45) is 7.53. The Kier molecular flexibility index (Phi) is 4.65. The summed E-state index contributed by atoms with van der Waals surface area (Å²) in [5.41, 5.74) is 3.24. The maximum Gasteiger partial charge on any atom is 0.264 e. The molecular formula is C24H27NO4S. The highest BCUT2D eigenvalue weighted by Gasteiger charge is 2.44. The van der Waals surface area contributed by atoms with Crippen molar-refractivity contribution in [2.45, 2.75) is 68.7 Å². The molecule has 6 heteroatoms. The number of phenolic OH excluding ortho intramolecular Hbond substituents is 1. The fraction of sp³-hybridized carbons (Fsp3) is 0.458. The molecule has 1 aliphatic heterocycles. The van der Waals surface area contributed by atoms with E-state index in [0.717, 1.165) is 36.9 Å². The minimum Gasteiger partial charge on any atom is -0.507 e. The number of aryl methyl sites for hydroxylation is 1. The van der Waals surface area contributed by atoms with E-state index in [0.29, 0.717) is 11.8 Å². The number of phenols is 1. The lowest BCUT2D eigenvalue weighted by molar-refractivity contribution is 0.101. The molecule has 1 N–H and O–H groups in total. The molecule has 158 valence electrons. The molecular weight excluding hydrogens is 398 g/mol. The Hall–Kier alpha value is -2.34. The highest BCUT2D eigenvalue weighted by molar-refractivity contribution is 7.92. The number of rotatable bonds is 5. The zero-order valence-electron chi connectivity index (χ0n) is 17.2. The summed E-state index contributed by atoms with van der Waals surface area (Å²) in [5, 5.41) is 9.97. The Balaban J connectivity index is 1.60. The SMILES string of the molecule is CC(=O)c1cc(S(=O)(=O)N2c3ccc(C4CCC4)cc3CC[C@H]2C2CC2)ccc1O. The molecule has 3 aliphatic rings. The first-order valence-corrected chi connectivity index (χ1v) is 12.3. The van der Waals surface area contributed by atoms with E-state index >= 15 is 0 Å². The second-order valence-electron chi connectivity index (χ2n) is 9.00. The molecule has 5 nitrogen and oxygen atoms in total. The van der Waals surface area contributed by atoms with Crippen molar-refractivity contribution < 1.29 is 18.3 Å². The number of hydrogen-bond donors (Lipinski definition) is 1. The van der Waals surface area contributed by atoms with Gasteiger partial charge in [0, 0.05) is 6.04 Å². The summed E-state index contributed by atoms with van der Waals surface area (Å²) in [7, 11) is -3.86. The number of fused-ring (bicyclic) bond motifs is 1. The third-order valence-electron chi connectivity index (χ3n) is 7.00. The van der Waals surface area contributed by atoms with Gasteiger partial charge in [0.15, 0.2) is 5.78 Å². The quantitative estimate of drug-likeness (QED) is 0.700. The van der Waals surface area contributed by atoms with E-state index in [1.165, 1.54) is 49.9 Å². The average molecular weight is 426 g/mol. The van der Waals surface area contributed by atoms with Crippen molar-refractivity contribution >= 4 is 21.5 Å². The lowest BCUT2D eigenvalue weighted by Gasteiger charge is -2.39. The number of benzene rings is 2. The van der Waals surface area contributed by atoms with E-state index in [2.05, 4.69) is 12.1 Å². The molecule has 1 heterocycles.